The van der Waals surface area contributed by atoms with Crippen LogP contribution < -0.4 is 4.74 Å². The summed E-state index contributed by atoms with van der Waals surface area (Å²) in [7, 11) is 0. The normalized spacial score (nSPS) is 32.0. The van der Waals surface area contributed by atoms with Crippen molar-refractivity contribution in [1.82, 2.24) is 0 Å². The average Bonchev–Trinajstić information content (AvgIpc) is 2.76. The molecule has 0 radical (unpaired) electrons. The van der Waals surface area contributed by atoms with Gasteiger partial charge in [-0.2, -0.15) is 0 Å². The predicted molar refractivity (Wildman–Crippen MR) is 114 cm³/mol. The van der Waals surface area contributed by atoms with Gasteiger partial charge in [-0.1, -0.05) is 64.0 Å². The number of hydrogen-bond acceptors (Lipinski definition) is 2. The van der Waals surface area contributed by atoms with Gasteiger partial charge >= 0.3 is 5.97 Å². The number of benzene rings is 1. The first-order valence-electron chi connectivity index (χ1n) is 12.0. The first-order valence-corrected chi connectivity index (χ1v) is 12.0. The molecule has 0 N–H and O–H groups in total. The minimum Gasteiger partial charge on any atom is -0.426 e. The van der Waals surface area contributed by atoms with Crippen LogP contribution in [0.5, 0.6) is 5.75 Å². The van der Waals surface area contributed by atoms with E-state index in [9.17, 15) is 4.79 Å². The number of carbonyl (C=O) groups is 1. The number of esters is 1. The average molecular weight is 383 g/mol. The van der Waals surface area contributed by atoms with Crippen LogP contribution in [0.1, 0.15) is 102 Å². The highest BCUT2D eigenvalue weighted by Gasteiger charge is 2.32. The molecule has 0 aromatic heterocycles. The summed E-state index contributed by atoms with van der Waals surface area (Å²) in [5.41, 5.74) is 1.42. The molecular formula is C26H38O2. The highest BCUT2D eigenvalue weighted by atomic mass is 16.5. The monoisotopic (exact) mass is 382 g/mol. The lowest BCUT2D eigenvalue weighted by Gasteiger charge is -2.35. The number of carbonyl (C=O) groups excluding carboxylic acids is 1. The second kappa shape index (κ2) is 9.46. The molecule has 0 amide bonds. The van der Waals surface area contributed by atoms with Gasteiger partial charge in [-0.05, 0) is 79.9 Å². The van der Waals surface area contributed by atoms with Gasteiger partial charge in [-0.25, -0.2) is 0 Å². The Bertz CT molecular complexity index is 612. The molecule has 3 aliphatic carbocycles. The van der Waals surface area contributed by atoms with Crippen LogP contribution in [0.3, 0.4) is 0 Å². The molecule has 0 aliphatic heterocycles. The van der Waals surface area contributed by atoms with Gasteiger partial charge in [0.1, 0.15) is 5.75 Å². The van der Waals surface area contributed by atoms with Crippen LogP contribution in [0, 0.1) is 23.7 Å². The van der Waals surface area contributed by atoms with Crippen molar-refractivity contribution in [3.63, 3.8) is 0 Å². The molecule has 0 bridgehead atoms. The summed E-state index contributed by atoms with van der Waals surface area (Å²) in [6.45, 7) is 2.36. The number of hydrogen-bond donors (Lipinski definition) is 0. The highest BCUT2D eigenvalue weighted by Crippen LogP contribution is 2.40. The molecule has 0 heterocycles. The fraction of sp³-hybridized carbons (Fsp3) is 0.731. The molecule has 2 heteroatoms. The van der Waals surface area contributed by atoms with Crippen molar-refractivity contribution in [2.75, 3.05) is 0 Å². The third-order valence-electron chi connectivity index (χ3n) is 8.01. The summed E-state index contributed by atoms with van der Waals surface area (Å²) in [4.78, 5) is 12.7. The topological polar surface area (TPSA) is 26.3 Å². The third kappa shape index (κ3) is 4.99. The molecule has 3 aliphatic rings. The van der Waals surface area contributed by atoms with E-state index >= 15 is 0 Å². The second-order valence-electron chi connectivity index (χ2n) is 9.96. The van der Waals surface area contributed by atoms with Crippen molar-refractivity contribution in [3.8, 4) is 5.75 Å². The van der Waals surface area contributed by atoms with Crippen molar-refractivity contribution >= 4 is 5.97 Å². The summed E-state index contributed by atoms with van der Waals surface area (Å²) >= 11 is 0. The van der Waals surface area contributed by atoms with E-state index in [0.29, 0.717) is 5.92 Å². The van der Waals surface area contributed by atoms with Crippen molar-refractivity contribution in [1.29, 1.82) is 0 Å². The minimum absolute atomic E-state index is 0.00124. The predicted octanol–water partition coefficient (Wildman–Crippen LogP) is 7.27. The van der Waals surface area contributed by atoms with E-state index in [0.717, 1.165) is 36.3 Å². The zero-order valence-electron chi connectivity index (χ0n) is 17.7. The van der Waals surface area contributed by atoms with Crippen LogP contribution >= 0.6 is 0 Å². The van der Waals surface area contributed by atoms with Crippen molar-refractivity contribution in [2.45, 2.75) is 96.3 Å². The summed E-state index contributed by atoms with van der Waals surface area (Å²) in [6.07, 6.45) is 16.9. The Morgan fingerprint density at radius 2 is 1.36 bits per heavy atom. The summed E-state index contributed by atoms with van der Waals surface area (Å²) < 4.78 is 5.76. The Balaban J connectivity index is 1.25. The van der Waals surface area contributed by atoms with Crippen LogP contribution in [-0.2, 0) is 4.79 Å². The van der Waals surface area contributed by atoms with Gasteiger partial charge in [-0.15, -0.1) is 0 Å². The van der Waals surface area contributed by atoms with E-state index < -0.39 is 0 Å². The SMILES string of the molecule is CC1CCC(c2ccc(OC(=O)C3CCC(C4CCCCC4)CC3)cc2)CC1. The van der Waals surface area contributed by atoms with Crippen molar-refractivity contribution < 1.29 is 9.53 Å². The molecule has 1 aromatic carbocycles. The molecule has 0 atom stereocenters. The Labute approximate surface area is 171 Å². The van der Waals surface area contributed by atoms with Crippen LogP contribution in [0.2, 0.25) is 0 Å². The summed E-state index contributed by atoms with van der Waals surface area (Å²) in [5.74, 6) is 4.21. The Hall–Kier alpha value is -1.31. The molecule has 0 spiro atoms. The Morgan fingerprint density at radius 3 is 2.00 bits per heavy atom. The van der Waals surface area contributed by atoms with Crippen LogP contribution in [0.15, 0.2) is 24.3 Å². The van der Waals surface area contributed by atoms with E-state index in [-0.39, 0.29) is 11.9 Å². The molecule has 0 unspecified atom stereocenters. The molecule has 4 rings (SSSR count). The molecule has 3 saturated carbocycles. The van der Waals surface area contributed by atoms with E-state index in [2.05, 4.69) is 19.1 Å². The summed E-state index contributed by atoms with van der Waals surface area (Å²) in [6, 6.07) is 8.39. The lowest BCUT2D eigenvalue weighted by atomic mass is 9.71. The third-order valence-corrected chi connectivity index (χ3v) is 8.01. The maximum atomic E-state index is 12.7. The number of rotatable bonds is 4. The maximum absolute atomic E-state index is 12.7. The van der Waals surface area contributed by atoms with Gasteiger partial charge in [0.25, 0.3) is 0 Å². The van der Waals surface area contributed by atoms with Crippen LogP contribution in [0.4, 0.5) is 0 Å². The lowest BCUT2D eigenvalue weighted by molar-refractivity contribution is -0.140. The van der Waals surface area contributed by atoms with Gasteiger partial charge in [0.2, 0.25) is 0 Å². The first kappa shape index (κ1) is 20.0. The van der Waals surface area contributed by atoms with Gasteiger partial charge in [0.05, 0.1) is 5.92 Å². The maximum Gasteiger partial charge on any atom is 0.314 e. The fourth-order valence-electron chi connectivity index (χ4n) is 6.03. The zero-order valence-corrected chi connectivity index (χ0v) is 17.7. The molecule has 3 fully saturated rings. The smallest absolute Gasteiger partial charge is 0.314 e. The highest BCUT2D eigenvalue weighted by molar-refractivity contribution is 5.75. The Morgan fingerprint density at radius 1 is 0.750 bits per heavy atom. The second-order valence-corrected chi connectivity index (χ2v) is 9.96. The lowest BCUT2D eigenvalue weighted by Crippen LogP contribution is -2.29. The molecule has 0 saturated heterocycles. The molecule has 28 heavy (non-hydrogen) atoms. The van der Waals surface area contributed by atoms with Gasteiger partial charge in [0.15, 0.2) is 0 Å². The molecule has 154 valence electrons. The standard InChI is InChI=1S/C26H38O2/c1-19-7-9-21(10-8-19)23-15-17-25(18-16-23)28-26(27)24-13-11-22(12-14-24)20-5-3-2-4-6-20/h15-22,24H,2-14H2,1H3. The quantitative estimate of drug-likeness (QED) is 0.404. The van der Waals surface area contributed by atoms with E-state index in [1.54, 1.807) is 0 Å². The molecule has 2 nitrogen and oxygen atoms in total. The van der Waals surface area contributed by atoms with Gasteiger partial charge in [-0.3, -0.25) is 4.79 Å². The Kier molecular flexibility index (Phi) is 6.75. The van der Waals surface area contributed by atoms with E-state index in [1.807, 2.05) is 12.1 Å². The first-order chi connectivity index (χ1) is 13.7. The van der Waals surface area contributed by atoms with E-state index in [4.69, 9.17) is 4.74 Å². The molecule has 1 aromatic rings. The van der Waals surface area contributed by atoms with Crippen LogP contribution in [-0.4, -0.2) is 5.97 Å². The largest absolute Gasteiger partial charge is 0.426 e. The minimum atomic E-state index is 0.00124. The fourth-order valence-corrected chi connectivity index (χ4v) is 6.03. The van der Waals surface area contributed by atoms with Crippen LogP contribution in [0.25, 0.3) is 0 Å². The van der Waals surface area contributed by atoms with Gasteiger partial charge in [0, 0.05) is 0 Å². The molecular weight excluding hydrogens is 344 g/mol. The van der Waals surface area contributed by atoms with Gasteiger partial charge < -0.3 is 4.74 Å². The van der Waals surface area contributed by atoms with E-state index in [1.165, 1.54) is 76.2 Å². The number of ether oxygens (including phenoxy) is 1. The zero-order chi connectivity index (χ0) is 19.3. The van der Waals surface area contributed by atoms with Crippen molar-refractivity contribution in [2.24, 2.45) is 23.7 Å². The summed E-state index contributed by atoms with van der Waals surface area (Å²) in [5, 5.41) is 0. The van der Waals surface area contributed by atoms with Crippen molar-refractivity contribution in [3.05, 3.63) is 29.8 Å².